The maximum atomic E-state index is 12.5. The Labute approximate surface area is 183 Å². The number of rotatable bonds is 4. The molecule has 0 aromatic carbocycles. The van der Waals surface area contributed by atoms with Crippen LogP contribution in [0.4, 0.5) is 0 Å². The molecule has 3 N–H and O–H groups in total. The van der Waals surface area contributed by atoms with Crippen molar-refractivity contribution in [2.24, 2.45) is 22.2 Å². The largest absolute Gasteiger partial charge is 0.462 e. The summed E-state index contributed by atoms with van der Waals surface area (Å²) in [6.07, 6.45) is 4.54. The van der Waals surface area contributed by atoms with Crippen molar-refractivity contribution >= 4 is 11.9 Å². The van der Waals surface area contributed by atoms with Crippen LogP contribution in [0.25, 0.3) is 0 Å². The van der Waals surface area contributed by atoms with Crippen molar-refractivity contribution in [3.63, 3.8) is 0 Å². The Morgan fingerprint density at radius 3 is 2.61 bits per heavy atom. The molecule has 31 heavy (non-hydrogen) atoms. The van der Waals surface area contributed by atoms with Gasteiger partial charge in [0.15, 0.2) is 0 Å². The second kappa shape index (κ2) is 7.15. The van der Waals surface area contributed by atoms with Crippen LogP contribution in [0.3, 0.4) is 0 Å². The molecule has 2 fully saturated rings. The number of fused-ring (bicyclic) bond motifs is 1. The Balaban J connectivity index is 1.86. The number of hydrogen-bond donors (Lipinski definition) is 3. The monoisotopic (exact) mass is 434 g/mol. The van der Waals surface area contributed by atoms with Crippen LogP contribution < -0.4 is 0 Å². The molecule has 7 nitrogen and oxygen atoms in total. The lowest BCUT2D eigenvalue weighted by atomic mass is 9.35. The minimum atomic E-state index is -1.47. The first-order chi connectivity index (χ1) is 14.4. The molecule has 1 heterocycles. The minimum Gasteiger partial charge on any atom is -0.462 e. The summed E-state index contributed by atoms with van der Waals surface area (Å²) in [4.78, 5) is 23.5. The zero-order valence-electron chi connectivity index (χ0n) is 18.8. The standard InChI is InChI=1S/C24H34O7/c1-14(25)31-16-12-22(4)9-7-18(27)24(17(26)6-8-21(2,3)20(16)24)23(22,29)10-5-15-11-19(28)30-13-15/h7,9,11,16-18,20,26-27,29H,5-6,8,10,12-13H2,1-4H3/t16-,17-,18-,20+,22+,23-,24-/m1/s1. The molecule has 0 radical (unpaired) electrons. The fraction of sp³-hybridized carbons (Fsp3) is 0.750. The van der Waals surface area contributed by atoms with E-state index in [-0.39, 0.29) is 24.4 Å². The number of hydrogen-bond acceptors (Lipinski definition) is 7. The molecule has 7 heteroatoms. The van der Waals surface area contributed by atoms with E-state index in [1.54, 1.807) is 6.08 Å². The van der Waals surface area contributed by atoms with Crippen molar-refractivity contribution in [2.75, 3.05) is 6.61 Å². The average molecular weight is 435 g/mol. The third-order valence-electron chi connectivity index (χ3n) is 8.61. The van der Waals surface area contributed by atoms with Gasteiger partial charge in [-0.3, -0.25) is 4.79 Å². The first kappa shape index (κ1) is 22.5. The Morgan fingerprint density at radius 2 is 2.00 bits per heavy atom. The van der Waals surface area contributed by atoms with Gasteiger partial charge in [-0.15, -0.1) is 0 Å². The number of aliphatic hydroxyl groups excluding tert-OH is 2. The molecule has 2 bridgehead atoms. The van der Waals surface area contributed by atoms with E-state index in [4.69, 9.17) is 9.47 Å². The Morgan fingerprint density at radius 1 is 1.29 bits per heavy atom. The highest BCUT2D eigenvalue weighted by Gasteiger charge is 2.77. The summed E-state index contributed by atoms with van der Waals surface area (Å²) in [6, 6.07) is 0. The van der Waals surface area contributed by atoms with Gasteiger partial charge in [-0.05, 0) is 43.1 Å². The predicted octanol–water partition coefficient (Wildman–Crippen LogP) is 2.04. The van der Waals surface area contributed by atoms with Gasteiger partial charge >= 0.3 is 11.9 Å². The van der Waals surface area contributed by atoms with Crippen LogP contribution in [-0.2, 0) is 19.1 Å². The van der Waals surface area contributed by atoms with Crippen LogP contribution in [0.2, 0.25) is 0 Å². The molecule has 2 saturated carbocycles. The van der Waals surface area contributed by atoms with E-state index >= 15 is 0 Å². The van der Waals surface area contributed by atoms with Crippen LogP contribution in [0.1, 0.15) is 59.8 Å². The fourth-order valence-electron chi connectivity index (χ4n) is 7.32. The number of cyclic esters (lactones) is 1. The third kappa shape index (κ3) is 3.04. The summed E-state index contributed by atoms with van der Waals surface area (Å²) in [5, 5.41) is 35.3. The predicted molar refractivity (Wildman–Crippen MR) is 112 cm³/mol. The van der Waals surface area contributed by atoms with Gasteiger partial charge < -0.3 is 24.8 Å². The molecule has 0 amide bonds. The first-order valence-electron chi connectivity index (χ1n) is 11.2. The van der Waals surface area contributed by atoms with Crippen molar-refractivity contribution in [1.82, 2.24) is 0 Å². The van der Waals surface area contributed by atoms with E-state index in [0.717, 1.165) is 5.57 Å². The molecule has 1 spiro atoms. The van der Waals surface area contributed by atoms with Crippen molar-refractivity contribution in [3.8, 4) is 0 Å². The average Bonchev–Trinajstić information content (AvgIpc) is 3.08. The minimum absolute atomic E-state index is 0.199. The number of carbonyl (C=O) groups is 2. The number of carbonyl (C=O) groups excluding carboxylic acids is 2. The maximum absolute atomic E-state index is 12.5. The Bertz CT molecular complexity index is 845. The van der Waals surface area contributed by atoms with Gasteiger partial charge in [-0.2, -0.15) is 0 Å². The van der Waals surface area contributed by atoms with Gasteiger partial charge in [0.2, 0.25) is 0 Å². The lowest BCUT2D eigenvalue weighted by molar-refractivity contribution is -0.331. The molecular formula is C24H34O7. The highest BCUT2D eigenvalue weighted by molar-refractivity contribution is 5.85. The summed E-state index contributed by atoms with van der Waals surface area (Å²) in [5.74, 6) is -1.24. The third-order valence-corrected chi connectivity index (χ3v) is 8.61. The molecule has 7 atom stereocenters. The van der Waals surface area contributed by atoms with Gasteiger partial charge in [0, 0.05) is 24.3 Å². The molecule has 0 aromatic rings. The van der Waals surface area contributed by atoms with E-state index in [9.17, 15) is 24.9 Å². The van der Waals surface area contributed by atoms with Gasteiger partial charge in [-0.1, -0.05) is 32.9 Å². The summed E-state index contributed by atoms with van der Waals surface area (Å²) in [7, 11) is 0. The smallest absolute Gasteiger partial charge is 0.331 e. The second-order valence-electron chi connectivity index (χ2n) is 10.8. The van der Waals surface area contributed by atoms with Crippen LogP contribution in [0, 0.1) is 22.2 Å². The molecule has 4 aliphatic rings. The van der Waals surface area contributed by atoms with Gasteiger partial charge in [-0.25, -0.2) is 4.79 Å². The summed E-state index contributed by atoms with van der Waals surface area (Å²) < 4.78 is 10.8. The topological polar surface area (TPSA) is 113 Å². The Kier molecular flexibility index (Phi) is 5.19. The molecule has 0 unspecified atom stereocenters. The lowest BCUT2D eigenvalue weighted by Gasteiger charge is -2.72. The summed E-state index contributed by atoms with van der Waals surface area (Å²) in [5.41, 5.74) is -3.20. The SMILES string of the molecule is CC(=O)O[C@@H]1C[C@]2(C)C=C[C@@H](O)[C@@]3([C@H](O)CCC(C)(C)[C@H]13)[C@@]2(O)CCC1=CC(=O)OC1. The number of ether oxygens (including phenoxy) is 2. The van der Waals surface area contributed by atoms with Gasteiger partial charge in [0.05, 0.1) is 23.2 Å². The van der Waals surface area contributed by atoms with Crippen molar-refractivity contribution in [3.05, 3.63) is 23.8 Å². The van der Waals surface area contributed by atoms with Crippen LogP contribution >= 0.6 is 0 Å². The molecule has 0 saturated heterocycles. The first-order valence-corrected chi connectivity index (χ1v) is 11.2. The highest BCUT2D eigenvalue weighted by atomic mass is 16.5. The zero-order chi connectivity index (χ0) is 22.8. The number of esters is 2. The normalized spacial score (nSPS) is 45.5. The van der Waals surface area contributed by atoms with Crippen LogP contribution in [-0.4, -0.2) is 57.8 Å². The van der Waals surface area contributed by atoms with E-state index in [0.29, 0.717) is 25.7 Å². The van der Waals surface area contributed by atoms with Crippen molar-refractivity contribution < 1.29 is 34.4 Å². The highest BCUT2D eigenvalue weighted by Crippen LogP contribution is 2.71. The lowest BCUT2D eigenvalue weighted by Crippen LogP contribution is -2.79. The van der Waals surface area contributed by atoms with Gasteiger partial charge in [0.25, 0.3) is 0 Å². The fourth-order valence-corrected chi connectivity index (χ4v) is 7.32. The Hall–Kier alpha value is -1.70. The van der Waals surface area contributed by atoms with E-state index in [1.165, 1.54) is 13.0 Å². The van der Waals surface area contributed by atoms with E-state index in [1.807, 2.05) is 13.0 Å². The van der Waals surface area contributed by atoms with Crippen molar-refractivity contribution in [2.45, 2.75) is 83.7 Å². The summed E-state index contributed by atoms with van der Waals surface area (Å²) >= 11 is 0. The molecule has 0 aromatic heterocycles. The molecule has 4 rings (SSSR count). The maximum Gasteiger partial charge on any atom is 0.331 e. The van der Waals surface area contributed by atoms with Crippen LogP contribution in [0.15, 0.2) is 23.8 Å². The van der Waals surface area contributed by atoms with Gasteiger partial charge in [0.1, 0.15) is 12.7 Å². The van der Waals surface area contributed by atoms with Crippen LogP contribution in [0.5, 0.6) is 0 Å². The summed E-state index contributed by atoms with van der Waals surface area (Å²) in [6.45, 7) is 7.59. The quantitative estimate of drug-likeness (QED) is 0.458. The van der Waals surface area contributed by atoms with Crippen molar-refractivity contribution in [1.29, 1.82) is 0 Å². The molecule has 3 aliphatic carbocycles. The zero-order valence-corrected chi connectivity index (χ0v) is 18.8. The molecule has 172 valence electrons. The molecular weight excluding hydrogens is 400 g/mol. The second-order valence-corrected chi connectivity index (χ2v) is 10.8. The van der Waals surface area contributed by atoms with E-state index < -0.39 is 46.6 Å². The number of aliphatic hydroxyl groups is 3. The van der Waals surface area contributed by atoms with E-state index in [2.05, 4.69) is 13.8 Å². The molecule has 1 aliphatic heterocycles.